The second kappa shape index (κ2) is 11.4. The van der Waals surface area contributed by atoms with Gasteiger partial charge in [0.25, 0.3) is 0 Å². The Balaban J connectivity index is 1.22. The molecule has 1 fully saturated rings. The molecule has 3 aromatic carbocycles. The van der Waals surface area contributed by atoms with Crippen LogP contribution in [0.2, 0.25) is 0 Å². The predicted molar refractivity (Wildman–Crippen MR) is 154 cm³/mol. The van der Waals surface area contributed by atoms with Crippen molar-refractivity contribution in [3.8, 4) is 5.69 Å². The van der Waals surface area contributed by atoms with E-state index in [-0.39, 0.29) is 17.9 Å². The van der Waals surface area contributed by atoms with E-state index in [0.29, 0.717) is 43.6 Å². The van der Waals surface area contributed by atoms with Crippen LogP contribution in [0.1, 0.15) is 18.5 Å². The molecule has 0 amide bonds. The monoisotopic (exact) mass is 590 g/mol. The molecular formula is C30H29F3N8O2. The molecule has 3 heterocycles. The van der Waals surface area contributed by atoms with E-state index in [9.17, 15) is 23.1 Å². The average molecular weight is 591 g/mol. The van der Waals surface area contributed by atoms with Crippen molar-refractivity contribution in [3.63, 3.8) is 0 Å². The lowest BCUT2D eigenvalue weighted by molar-refractivity contribution is -0.0381. The van der Waals surface area contributed by atoms with E-state index in [0.717, 1.165) is 22.5 Å². The summed E-state index contributed by atoms with van der Waals surface area (Å²) in [6.07, 6.45) is 3.94. The van der Waals surface area contributed by atoms with Gasteiger partial charge in [-0.1, -0.05) is 18.2 Å². The van der Waals surface area contributed by atoms with E-state index in [1.54, 1.807) is 24.3 Å². The third-order valence-electron chi connectivity index (χ3n) is 7.98. The molecule has 0 radical (unpaired) electrons. The Hall–Kier alpha value is -4.91. The third kappa shape index (κ3) is 5.39. The molecule has 0 aliphatic carbocycles. The van der Waals surface area contributed by atoms with Crippen molar-refractivity contribution in [1.29, 1.82) is 0 Å². The SMILES string of the molecule is CC(n1ncn(-c2ccc(N3CCN(c4ccccc4F)CC3)cc2)c1=O)C(O)(Cn1cncn1)c1ccc(F)cc1F. The lowest BCUT2D eigenvalue weighted by Crippen LogP contribution is -2.46. The Labute approximate surface area is 244 Å². The zero-order valence-electron chi connectivity index (χ0n) is 23.3. The third-order valence-corrected chi connectivity index (χ3v) is 7.98. The van der Waals surface area contributed by atoms with E-state index >= 15 is 0 Å². The minimum absolute atomic E-state index is 0.210. The van der Waals surface area contributed by atoms with E-state index in [1.165, 1.54) is 41.2 Å². The number of nitrogens with zero attached hydrogens (tertiary/aromatic N) is 8. The number of hydrogen-bond donors (Lipinski definition) is 1. The Morgan fingerprint density at radius 3 is 2.23 bits per heavy atom. The van der Waals surface area contributed by atoms with Gasteiger partial charge in [-0.05, 0) is 49.4 Å². The zero-order chi connectivity index (χ0) is 30.1. The fourth-order valence-corrected chi connectivity index (χ4v) is 5.54. The molecule has 1 N–H and O–H groups in total. The predicted octanol–water partition coefficient (Wildman–Crippen LogP) is 3.52. The molecule has 0 saturated carbocycles. The number of hydrogen-bond acceptors (Lipinski definition) is 7. The van der Waals surface area contributed by atoms with Crippen LogP contribution in [0.25, 0.3) is 5.69 Å². The van der Waals surface area contributed by atoms with Crippen LogP contribution in [0.15, 0.2) is 90.5 Å². The number of rotatable bonds is 8. The van der Waals surface area contributed by atoms with Crippen LogP contribution < -0.4 is 15.5 Å². The highest BCUT2D eigenvalue weighted by Crippen LogP contribution is 2.36. The highest BCUT2D eigenvalue weighted by Gasteiger charge is 2.42. The lowest BCUT2D eigenvalue weighted by Gasteiger charge is -2.37. The summed E-state index contributed by atoms with van der Waals surface area (Å²) >= 11 is 0. The van der Waals surface area contributed by atoms with Crippen molar-refractivity contribution < 1.29 is 18.3 Å². The van der Waals surface area contributed by atoms with Crippen molar-refractivity contribution in [1.82, 2.24) is 29.1 Å². The topological polar surface area (TPSA) is 97.2 Å². The molecule has 10 nitrogen and oxygen atoms in total. The molecule has 2 unspecified atom stereocenters. The first kappa shape index (κ1) is 28.2. The molecular weight excluding hydrogens is 561 g/mol. The first-order chi connectivity index (χ1) is 20.7. The first-order valence-corrected chi connectivity index (χ1v) is 13.8. The lowest BCUT2D eigenvalue weighted by atomic mass is 9.86. The van der Waals surface area contributed by atoms with Crippen LogP contribution in [-0.4, -0.2) is 60.4 Å². The van der Waals surface area contributed by atoms with Crippen LogP contribution in [-0.2, 0) is 12.1 Å². The van der Waals surface area contributed by atoms with Gasteiger partial charge in [0.05, 0.1) is 24.0 Å². The van der Waals surface area contributed by atoms with Gasteiger partial charge in [-0.25, -0.2) is 36.9 Å². The Kier molecular flexibility index (Phi) is 7.48. The molecule has 1 aliphatic rings. The van der Waals surface area contributed by atoms with Gasteiger partial charge in [-0.15, -0.1) is 0 Å². The number of benzene rings is 3. The van der Waals surface area contributed by atoms with Crippen LogP contribution in [0.5, 0.6) is 0 Å². The summed E-state index contributed by atoms with van der Waals surface area (Å²) in [5.74, 6) is -2.00. The van der Waals surface area contributed by atoms with Gasteiger partial charge in [-0.3, -0.25) is 0 Å². The maximum absolute atomic E-state index is 15.0. The molecule has 13 heteroatoms. The molecule has 2 aromatic heterocycles. The summed E-state index contributed by atoms with van der Waals surface area (Å²) in [4.78, 5) is 21.6. The highest BCUT2D eigenvalue weighted by atomic mass is 19.1. The minimum atomic E-state index is -2.04. The van der Waals surface area contributed by atoms with Crippen molar-refractivity contribution >= 4 is 11.4 Å². The number of piperazine rings is 1. The fraction of sp³-hybridized carbons (Fsp3) is 0.267. The molecule has 1 saturated heterocycles. The van der Waals surface area contributed by atoms with Crippen LogP contribution in [0, 0.1) is 17.5 Å². The van der Waals surface area contributed by atoms with Gasteiger partial charge in [-0.2, -0.15) is 10.2 Å². The van der Waals surface area contributed by atoms with Crippen molar-refractivity contribution in [2.75, 3.05) is 36.0 Å². The molecule has 6 rings (SSSR count). The molecule has 0 bridgehead atoms. The van der Waals surface area contributed by atoms with Crippen LogP contribution in [0.4, 0.5) is 24.5 Å². The second-order valence-electron chi connectivity index (χ2n) is 10.5. The maximum Gasteiger partial charge on any atom is 0.350 e. The fourth-order valence-electron chi connectivity index (χ4n) is 5.54. The summed E-state index contributed by atoms with van der Waals surface area (Å²) in [7, 11) is 0. The largest absolute Gasteiger partial charge is 0.381 e. The number of aromatic nitrogens is 6. The summed E-state index contributed by atoms with van der Waals surface area (Å²) in [5, 5.41) is 20.1. The summed E-state index contributed by atoms with van der Waals surface area (Å²) < 4.78 is 46.6. The molecule has 2 atom stereocenters. The van der Waals surface area contributed by atoms with Crippen molar-refractivity contribution in [3.05, 3.63) is 119 Å². The van der Waals surface area contributed by atoms with Gasteiger partial charge in [0.2, 0.25) is 0 Å². The second-order valence-corrected chi connectivity index (χ2v) is 10.5. The van der Waals surface area contributed by atoms with Crippen LogP contribution >= 0.6 is 0 Å². The highest BCUT2D eigenvalue weighted by molar-refractivity contribution is 5.54. The van der Waals surface area contributed by atoms with E-state index in [4.69, 9.17) is 0 Å². The molecule has 0 spiro atoms. The summed E-state index contributed by atoms with van der Waals surface area (Å²) in [6.45, 7) is 4.00. The minimum Gasteiger partial charge on any atom is -0.381 e. The van der Waals surface area contributed by atoms with Gasteiger partial charge in [0, 0.05) is 43.5 Å². The summed E-state index contributed by atoms with van der Waals surface area (Å²) in [5.41, 5.74) is -0.706. The van der Waals surface area contributed by atoms with Gasteiger partial charge in [0.15, 0.2) is 0 Å². The Bertz CT molecular complexity index is 1760. The van der Waals surface area contributed by atoms with Gasteiger partial charge >= 0.3 is 5.69 Å². The number of anilines is 2. The Morgan fingerprint density at radius 2 is 1.56 bits per heavy atom. The van der Waals surface area contributed by atoms with E-state index in [2.05, 4.69) is 20.1 Å². The molecule has 1 aliphatic heterocycles. The number of aliphatic hydroxyl groups is 1. The van der Waals surface area contributed by atoms with E-state index < -0.39 is 29.0 Å². The molecule has 43 heavy (non-hydrogen) atoms. The van der Waals surface area contributed by atoms with Crippen molar-refractivity contribution in [2.24, 2.45) is 0 Å². The van der Waals surface area contributed by atoms with Gasteiger partial charge in [0.1, 0.15) is 42.0 Å². The maximum atomic E-state index is 15.0. The van der Waals surface area contributed by atoms with Crippen molar-refractivity contribution in [2.45, 2.75) is 25.1 Å². The van der Waals surface area contributed by atoms with E-state index in [1.807, 2.05) is 23.1 Å². The molecule has 5 aromatic rings. The molecule has 222 valence electrons. The smallest absolute Gasteiger partial charge is 0.350 e. The summed E-state index contributed by atoms with van der Waals surface area (Å²) in [6, 6.07) is 15.9. The van der Waals surface area contributed by atoms with Crippen LogP contribution in [0.3, 0.4) is 0 Å². The quantitative estimate of drug-likeness (QED) is 0.296. The number of halogens is 3. The van der Waals surface area contributed by atoms with Gasteiger partial charge < -0.3 is 14.9 Å². The average Bonchev–Trinajstić information content (AvgIpc) is 3.66. The standard InChI is InChI=1S/C30H29F3N8O2/c1-21(30(43,17-39-19-34-18-35-39)25-11-6-22(31)16-27(25)33)41-29(42)40(20-36-41)24-9-7-23(8-10-24)37-12-14-38(15-13-37)28-5-3-2-4-26(28)32/h2-11,16,18-21,43H,12-15,17H2,1H3. The normalized spacial score (nSPS) is 15.8. The first-order valence-electron chi connectivity index (χ1n) is 13.8. The zero-order valence-corrected chi connectivity index (χ0v) is 23.3. The number of para-hydroxylation sites is 1. The Morgan fingerprint density at radius 1 is 0.860 bits per heavy atom.